The van der Waals surface area contributed by atoms with Gasteiger partial charge in [0.05, 0.1) is 0 Å². The minimum absolute atomic E-state index is 0.137. The summed E-state index contributed by atoms with van der Waals surface area (Å²) >= 11 is -4.56. The van der Waals surface area contributed by atoms with E-state index in [0.29, 0.717) is 0 Å². The molecule has 2 atom stereocenters. The van der Waals surface area contributed by atoms with Crippen molar-refractivity contribution in [2.24, 2.45) is 0 Å². The van der Waals surface area contributed by atoms with E-state index in [-0.39, 0.29) is 12.7 Å². The molecule has 2 aliphatic rings. The van der Waals surface area contributed by atoms with E-state index in [9.17, 15) is 0 Å². The van der Waals surface area contributed by atoms with Gasteiger partial charge in [0.1, 0.15) is 0 Å². The van der Waals surface area contributed by atoms with Gasteiger partial charge in [-0.1, -0.05) is 0 Å². The van der Waals surface area contributed by atoms with Crippen LogP contribution in [0.1, 0.15) is 94.9 Å². The maximum atomic E-state index is 8.35. The molecule has 4 heteroatoms. The molecule has 0 aromatic heterocycles. The molecule has 0 aliphatic heterocycles. The maximum absolute atomic E-state index is 8.35. The van der Waals surface area contributed by atoms with Gasteiger partial charge in [-0.15, -0.1) is 0 Å². The fourth-order valence-electron chi connectivity index (χ4n) is 7.09. The summed E-state index contributed by atoms with van der Waals surface area (Å²) in [5.74, 6) is -1.49. The van der Waals surface area contributed by atoms with E-state index < -0.39 is 21.5 Å². The van der Waals surface area contributed by atoms with E-state index in [1.54, 1.807) is 0 Å². The molecule has 0 saturated carbocycles. The summed E-state index contributed by atoms with van der Waals surface area (Å²) in [6, 6.07) is 24.9. The summed E-state index contributed by atoms with van der Waals surface area (Å²) in [6.07, 6.45) is 13.3. The predicted molar refractivity (Wildman–Crippen MR) is 179 cm³/mol. The molecule has 3 aromatic rings. The van der Waals surface area contributed by atoms with Gasteiger partial charge in [0.2, 0.25) is 0 Å². The monoisotopic (exact) mass is 665 g/mol. The van der Waals surface area contributed by atoms with Crippen LogP contribution in [0.4, 0.5) is 0 Å². The average molecular weight is 668 g/mol. The van der Waals surface area contributed by atoms with Gasteiger partial charge in [0.25, 0.3) is 0 Å². The van der Waals surface area contributed by atoms with Gasteiger partial charge in [-0.05, 0) is 0 Å². The van der Waals surface area contributed by atoms with Crippen molar-refractivity contribution in [2.75, 3.05) is 0 Å². The number of hydrogen-bond acceptors (Lipinski definition) is 0. The average Bonchev–Trinajstić information content (AvgIpc) is 3.53. The summed E-state index contributed by atoms with van der Waals surface area (Å²) < 4.78 is 0.333. The van der Waals surface area contributed by atoms with Crippen molar-refractivity contribution < 1.29 is 15.6 Å². The van der Waals surface area contributed by atoms with Crippen LogP contribution in [0.15, 0.2) is 78.4 Å². The number of hydrogen-bond donors (Lipinski definition) is 0. The topological polar surface area (TPSA) is 0 Å². The molecule has 0 nitrogen and oxygen atoms in total. The Balaban J connectivity index is 1.66. The molecule has 0 radical (unpaired) electrons. The zero-order valence-corrected chi connectivity index (χ0v) is 30.2. The SMILES string of the molecule is CCCCCCC1=Cc2c(-c3ccc(C(C)(C)C)cc3)cccc2[CH]1[Zr]([Cl])([Cl])([CH]1C=Cc2ccccc21)[SiH](C)C. The summed E-state index contributed by atoms with van der Waals surface area (Å²) in [5.41, 5.74) is 11.0. The molecule has 0 spiro atoms. The number of rotatable bonds is 9. The third-order valence-electron chi connectivity index (χ3n) is 9.58. The van der Waals surface area contributed by atoms with Gasteiger partial charge in [-0.3, -0.25) is 0 Å². The van der Waals surface area contributed by atoms with Crippen molar-refractivity contribution >= 4 is 35.1 Å². The van der Waals surface area contributed by atoms with Crippen molar-refractivity contribution in [1.82, 2.24) is 0 Å². The first-order valence-corrected chi connectivity index (χ1v) is 31.6. The number of fused-ring (bicyclic) bond motifs is 2. The van der Waals surface area contributed by atoms with Gasteiger partial charge in [0, 0.05) is 0 Å². The Morgan fingerprint density at radius 2 is 1.52 bits per heavy atom. The number of halogens is 2. The molecule has 211 valence electrons. The second-order valence-electron chi connectivity index (χ2n) is 13.4. The van der Waals surface area contributed by atoms with Crippen LogP contribution in [0.3, 0.4) is 0 Å². The van der Waals surface area contributed by atoms with E-state index in [0.717, 1.165) is 6.42 Å². The molecular weight excluding hydrogens is 623 g/mol. The molecule has 0 bridgehead atoms. The first-order chi connectivity index (χ1) is 19.0. The second-order valence-corrected chi connectivity index (χ2v) is 56.1. The van der Waals surface area contributed by atoms with Gasteiger partial charge in [-0.2, -0.15) is 0 Å². The van der Waals surface area contributed by atoms with Gasteiger partial charge in [0.15, 0.2) is 0 Å². The number of unbranched alkanes of at least 4 members (excludes halogenated alkanes) is 3. The number of benzene rings is 3. The fourth-order valence-corrected chi connectivity index (χ4v) is 36.5. The van der Waals surface area contributed by atoms with Crippen LogP contribution in [-0.2, 0) is 21.0 Å². The van der Waals surface area contributed by atoms with Crippen molar-refractivity contribution in [3.63, 3.8) is 0 Å². The van der Waals surface area contributed by atoms with Crippen LogP contribution < -0.4 is 0 Å². The third-order valence-corrected chi connectivity index (χ3v) is 61.6. The zero-order chi connectivity index (χ0) is 28.7. The Labute approximate surface area is 251 Å². The van der Waals surface area contributed by atoms with Crippen LogP contribution in [0, 0.1) is 0 Å². The Morgan fingerprint density at radius 1 is 0.825 bits per heavy atom. The zero-order valence-electron chi connectivity index (χ0n) is 25.1. The quantitative estimate of drug-likeness (QED) is 0.157. The van der Waals surface area contributed by atoms with Crippen molar-refractivity contribution in [3.05, 3.63) is 106 Å². The molecule has 0 N–H and O–H groups in total. The summed E-state index contributed by atoms with van der Waals surface area (Å²) in [5, 5.41) is 0. The predicted octanol–water partition coefficient (Wildman–Crippen LogP) is 11.8. The van der Waals surface area contributed by atoms with Crippen LogP contribution in [0.5, 0.6) is 0 Å². The van der Waals surface area contributed by atoms with Crippen LogP contribution in [0.25, 0.3) is 23.3 Å². The minimum atomic E-state index is -4.56. The Bertz CT molecular complexity index is 1440. The molecule has 5 rings (SSSR count). The molecular formula is C36H45Cl2SiZr. The van der Waals surface area contributed by atoms with Crippen molar-refractivity contribution in [2.45, 2.75) is 85.6 Å². The molecule has 2 aliphatic carbocycles. The molecule has 0 heterocycles. The van der Waals surface area contributed by atoms with Gasteiger partial charge >= 0.3 is 254 Å². The standard InChI is InChI=1S/C25H31.C9H7.C2H7Si.2ClH.Zr/c1-5-6-7-8-10-19-17-21-11-9-12-23(24(21)18-19)20-13-15-22(16-14-20)25(2,3)4;1-2-5-9-7-3-6-8(9)4-1;1-3-2;;;/h9,11-18H,5-8,10H2,1-4H3;1-7H;3H,1-2H3;2*1H;/q;;;;;+2/p-2. The first-order valence-electron chi connectivity index (χ1n) is 15.3. The van der Waals surface area contributed by atoms with Crippen LogP contribution in [0.2, 0.25) is 13.1 Å². The van der Waals surface area contributed by atoms with E-state index in [1.165, 1.54) is 70.2 Å². The van der Waals surface area contributed by atoms with Gasteiger partial charge in [-0.25, -0.2) is 0 Å². The molecule has 40 heavy (non-hydrogen) atoms. The second kappa shape index (κ2) is 11.5. The Kier molecular flexibility index (Phi) is 8.69. The van der Waals surface area contributed by atoms with Gasteiger partial charge < -0.3 is 0 Å². The fraction of sp³-hybridized carbons (Fsp3) is 0.389. The Morgan fingerprint density at radius 3 is 2.20 bits per heavy atom. The molecule has 0 fully saturated rings. The Hall–Kier alpha value is -1.18. The number of allylic oxidation sites excluding steroid dienone is 2. The van der Waals surface area contributed by atoms with E-state index in [1.807, 2.05) is 0 Å². The van der Waals surface area contributed by atoms with E-state index in [4.69, 9.17) is 17.0 Å². The first kappa shape index (κ1) is 30.3. The van der Waals surface area contributed by atoms with Crippen molar-refractivity contribution in [3.8, 4) is 11.1 Å². The molecule has 0 amide bonds. The molecule has 0 saturated heterocycles. The summed E-state index contributed by atoms with van der Waals surface area (Å²) in [4.78, 5) is 0. The van der Waals surface area contributed by atoms with E-state index >= 15 is 0 Å². The third kappa shape index (κ3) is 5.25. The van der Waals surface area contributed by atoms with Crippen LogP contribution in [-0.4, -0.2) is 5.92 Å². The van der Waals surface area contributed by atoms with E-state index in [2.05, 4.69) is 126 Å². The molecule has 2 unspecified atom stereocenters. The summed E-state index contributed by atoms with van der Waals surface area (Å²) in [6.45, 7) is 14.0. The summed E-state index contributed by atoms with van der Waals surface area (Å²) in [7, 11) is 16.7. The normalized spacial score (nSPS) is 19.3. The van der Waals surface area contributed by atoms with Crippen LogP contribution >= 0.6 is 17.0 Å². The molecule has 3 aromatic carbocycles. The van der Waals surface area contributed by atoms with Crippen molar-refractivity contribution in [1.29, 1.82) is 0 Å².